The quantitative estimate of drug-likeness (QED) is 0.733. The monoisotopic (exact) mass is 189 g/mol. The molecule has 2 N–H and O–H groups in total. The summed E-state index contributed by atoms with van der Waals surface area (Å²) in [7, 11) is 0. The largest absolute Gasteiger partial charge is 0.366 e. The van der Waals surface area contributed by atoms with Gasteiger partial charge in [-0.15, -0.1) is 0 Å². The molecule has 70 valence electrons. The highest BCUT2D eigenvalue weighted by Gasteiger charge is 2.08. The Kier molecular flexibility index (Phi) is 1.93. The van der Waals surface area contributed by atoms with Gasteiger partial charge in [-0.3, -0.25) is 4.79 Å². The molecule has 2 nitrogen and oxygen atoms in total. The van der Waals surface area contributed by atoms with E-state index in [4.69, 9.17) is 5.73 Å². The van der Waals surface area contributed by atoms with Crippen LogP contribution in [0, 0.1) is 5.82 Å². The normalized spacial score (nSPS) is 10.4. The molecule has 2 rings (SSSR count). The van der Waals surface area contributed by atoms with Crippen molar-refractivity contribution in [3.63, 3.8) is 0 Å². The molecule has 2 aromatic rings. The van der Waals surface area contributed by atoms with Gasteiger partial charge in [0.05, 0.1) is 0 Å². The average molecular weight is 189 g/mol. The molecular formula is C11H8FNO. The molecular weight excluding hydrogens is 181 g/mol. The van der Waals surface area contributed by atoms with Crippen molar-refractivity contribution in [2.75, 3.05) is 0 Å². The molecule has 0 saturated heterocycles. The molecule has 2 aromatic carbocycles. The minimum atomic E-state index is -0.541. The average Bonchev–Trinajstić information content (AvgIpc) is 2.18. The van der Waals surface area contributed by atoms with Gasteiger partial charge in [0, 0.05) is 10.9 Å². The van der Waals surface area contributed by atoms with E-state index in [1.54, 1.807) is 24.3 Å². The van der Waals surface area contributed by atoms with Crippen molar-refractivity contribution in [1.29, 1.82) is 0 Å². The number of carbonyl (C=O) groups is 1. The van der Waals surface area contributed by atoms with Crippen molar-refractivity contribution in [2.45, 2.75) is 0 Å². The second-order valence-electron chi connectivity index (χ2n) is 3.00. The van der Waals surface area contributed by atoms with E-state index in [1.165, 1.54) is 12.1 Å². The molecule has 0 aliphatic rings. The number of rotatable bonds is 1. The first-order valence-corrected chi connectivity index (χ1v) is 4.17. The van der Waals surface area contributed by atoms with Crippen molar-refractivity contribution in [1.82, 2.24) is 0 Å². The van der Waals surface area contributed by atoms with Gasteiger partial charge >= 0.3 is 0 Å². The van der Waals surface area contributed by atoms with Gasteiger partial charge in [-0.1, -0.05) is 24.3 Å². The van der Waals surface area contributed by atoms with Gasteiger partial charge in [0.25, 0.3) is 0 Å². The third-order valence-corrected chi connectivity index (χ3v) is 2.14. The predicted octanol–water partition coefficient (Wildman–Crippen LogP) is 2.08. The molecule has 0 saturated carbocycles. The van der Waals surface area contributed by atoms with Crippen LogP contribution >= 0.6 is 0 Å². The summed E-state index contributed by atoms with van der Waals surface area (Å²) in [4.78, 5) is 11.0. The lowest BCUT2D eigenvalue weighted by molar-refractivity contribution is 0.100. The summed E-state index contributed by atoms with van der Waals surface area (Å²) in [5.74, 6) is -0.883. The van der Waals surface area contributed by atoms with Crippen molar-refractivity contribution >= 4 is 16.7 Å². The summed E-state index contributed by atoms with van der Waals surface area (Å²) in [5.41, 5.74) is 5.52. The van der Waals surface area contributed by atoms with Gasteiger partial charge in [0.1, 0.15) is 5.82 Å². The van der Waals surface area contributed by atoms with Crippen LogP contribution in [0.25, 0.3) is 10.8 Å². The van der Waals surface area contributed by atoms with Gasteiger partial charge in [0.2, 0.25) is 5.91 Å². The number of hydrogen-bond donors (Lipinski definition) is 1. The molecule has 0 atom stereocenters. The van der Waals surface area contributed by atoms with E-state index in [0.717, 1.165) is 0 Å². The Balaban J connectivity index is 2.88. The second-order valence-corrected chi connectivity index (χ2v) is 3.00. The molecule has 0 aliphatic carbocycles. The van der Waals surface area contributed by atoms with Gasteiger partial charge in [-0.05, 0) is 17.5 Å². The van der Waals surface area contributed by atoms with Gasteiger partial charge in [-0.2, -0.15) is 0 Å². The van der Waals surface area contributed by atoms with Crippen LogP contribution in [0.3, 0.4) is 0 Å². The molecule has 14 heavy (non-hydrogen) atoms. The van der Waals surface area contributed by atoms with E-state index in [-0.39, 0.29) is 5.82 Å². The number of carbonyl (C=O) groups excluding carboxylic acids is 1. The minimum absolute atomic E-state index is 0.342. The zero-order valence-electron chi connectivity index (χ0n) is 7.33. The van der Waals surface area contributed by atoms with Crippen LogP contribution in [0.5, 0.6) is 0 Å². The van der Waals surface area contributed by atoms with Crippen LogP contribution in [-0.2, 0) is 0 Å². The number of amides is 1. The summed E-state index contributed by atoms with van der Waals surface area (Å²) in [5, 5.41) is 0.976. The molecule has 0 aliphatic heterocycles. The van der Waals surface area contributed by atoms with Crippen LogP contribution in [0.4, 0.5) is 4.39 Å². The minimum Gasteiger partial charge on any atom is -0.366 e. The molecule has 0 radical (unpaired) electrons. The smallest absolute Gasteiger partial charge is 0.249 e. The number of hydrogen-bond acceptors (Lipinski definition) is 1. The third kappa shape index (κ3) is 1.23. The fourth-order valence-corrected chi connectivity index (χ4v) is 1.48. The molecule has 1 amide bonds. The highest BCUT2D eigenvalue weighted by atomic mass is 19.1. The van der Waals surface area contributed by atoms with E-state index >= 15 is 0 Å². The van der Waals surface area contributed by atoms with Crippen molar-refractivity contribution in [2.24, 2.45) is 5.73 Å². The van der Waals surface area contributed by atoms with E-state index in [2.05, 4.69) is 0 Å². The molecule has 0 aromatic heterocycles. The maximum atomic E-state index is 13.3. The number of halogens is 1. The molecule has 0 spiro atoms. The van der Waals surface area contributed by atoms with Crippen molar-refractivity contribution in [3.05, 3.63) is 47.8 Å². The Hall–Kier alpha value is -1.90. The lowest BCUT2D eigenvalue weighted by atomic mass is 10.0. The molecule has 0 heterocycles. The topological polar surface area (TPSA) is 43.1 Å². The summed E-state index contributed by atoms with van der Waals surface area (Å²) >= 11 is 0. The molecule has 0 bridgehead atoms. The highest BCUT2D eigenvalue weighted by Crippen LogP contribution is 2.21. The molecule has 0 unspecified atom stereocenters. The zero-order valence-corrected chi connectivity index (χ0v) is 7.33. The summed E-state index contributed by atoms with van der Waals surface area (Å²) < 4.78 is 13.3. The Morgan fingerprint density at radius 3 is 2.36 bits per heavy atom. The first-order chi connectivity index (χ1) is 6.70. The van der Waals surface area contributed by atoms with Crippen LogP contribution in [0.1, 0.15) is 10.4 Å². The predicted molar refractivity (Wildman–Crippen MR) is 52.4 cm³/mol. The van der Waals surface area contributed by atoms with Crippen molar-refractivity contribution in [3.8, 4) is 0 Å². The van der Waals surface area contributed by atoms with E-state index in [9.17, 15) is 9.18 Å². The number of nitrogens with two attached hydrogens (primary N) is 1. The fraction of sp³-hybridized carbons (Fsp3) is 0. The fourth-order valence-electron chi connectivity index (χ4n) is 1.48. The van der Waals surface area contributed by atoms with Crippen LogP contribution in [-0.4, -0.2) is 5.91 Å². The third-order valence-electron chi connectivity index (χ3n) is 2.14. The first-order valence-electron chi connectivity index (χ1n) is 4.17. The summed E-state index contributed by atoms with van der Waals surface area (Å²) in [6, 6.07) is 9.42. The van der Waals surface area contributed by atoms with Crippen LogP contribution in [0.2, 0.25) is 0 Å². The lowest BCUT2D eigenvalue weighted by Crippen LogP contribution is -2.11. The Labute approximate surface area is 80.1 Å². The Morgan fingerprint density at radius 1 is 1.07 bits per heavy atom. The maximum Gasteiger partial charge on any atom is 0.249 e. The van der Waals surface area contributed by atoms with Crippen LogP contribution in [0.15, 0.2) is 36.4 Å². The summed E-state index contributed by atoms with van der Waals surface area (Å²) in [6.07, 6.45) is 0. The zero-order chi connectivity index (χ0) is 10.1. The van der Waals surface area contributed by atoms with E-state index in [0.29, 0.717) is 16.3 Å². The number of primary amides is 1. The second kappa shape index (κ2) is 3.10. The summed E-state index contributed by atoms with van der Waals surface area (Å²) in [6.45, 7) is 0. The highest BCUT2D eigenvalue weighted by molar-refractivity contribution is 6.06. The maximum absolute atomic E-state index is 13.3. The van der Waals surface area contributed by atoms with Gasteiger partial charge in [-0.25, -0.2) is 4.39 Å². The molecule has 0 fully saturated rings. The molecule has 3 heteroatoms. The number of fused-ring (bicyclic) bond motifs is 1. The SMILES string of the molecule is NC(=O)c1ccc(F)c2ccccc12. The lowest BCUT2D eigenvalue weighted by Gasteiger charge is -2.03. The van der Waals surface area contributed by atoms with E-state index < -0.39 is 5.91 Å². The first kappa shape index (κ1) is 8.69. The van der Waals surface area contributed by atoms with Crippen molar-refractivity contribution < 1.29 is 9.18 Å². The van der Waals surface area contributed by atoms with Crippen LogP contribution < -0.4 is 5.73 Å². The number of benzene rings is 2. The van der Waals surface area contributed by atoms with Gasteiger partial charge in [0.15, 0.2) is 0 Å². The Morgan fingerprint density at radius 2 is 1.71 bits per heavy atom. The van der Waals surface area contributed by atoms with E-state index in [1.807, 2.05) is 0 Å². The van der Waals surface area contributed by atoms with Gasteiger partial charge < -0.3 is 5.73 Å². The Bertz CT molecular complexity index is 508. The standard InChI is InChI=1S/C11H8FNO/c12-10-6-5-9(11(13)14)7-3-1-2-4-8(7)10/h1-6H,(H2,13,14).